The van der Waals surface area contributed by atoms with Gasteiger partial charge in [0.05, 0.1) is 22.4 Å². The molecule has 0 aliphatic carbocycles. The highest BCUT2D eigenvalue weighted by atomic mass is 15.0. The van der Waals surface area contributed by atoms with E-state index in [0.717, 1.165) is 44.7 Å². The number of aromatic nitrogens is 3. The van der Waals surface area contributed by atoms with Crippen LogP contribution >= 0.6 is 0 Å². The van der Waals surface area contributed by atoms with E-state index >= 15 is 0 Å². The van der Waals surface area contributed by atoms with Crippen LogP contribution in [-0.4, -0.2) is 14.5 Å². The standard InChI is InChI=1S/C50H33N3/c1-4-16-34(17-5-1)37-30-38(32-39(31-37)53-48-26-14-12-24-44(48)45-25-13-15-27-49(45)53)40-28-29-43(42-23-11-10-22-41(40)42)47-33-46(35-18-6-2-7-19-35)51-50(52-47)36-20-8-3-9-21-36/h1-33H. The smallest absolute Gasteiger partial charge is 0.160 e. The van der Waals surface area contributed by atoms with Gasteiger partial charge in [-0.1, -0.05) is 164 Å². The maximum atomic E-state index is 5.20. The molecular formula is C50H33N3. The van der Waals surface area contributed by atoms with Gasteiger partial charge in [-0.2, -0.15) is 0 Å². The molecule has 3 nitrogen and oxygen atoms in total. The first-order valence-electron chi connectivity index (χ1n) is 18.0. The molecule has 0 saturated heterocycles. The maximum absolute atomic E-state index is 5.20. The van der Waals surface area contributed by atoms with Gasteiger partial charge in [-0.3, -0.25) is 0 Å². The maximum Gasteiger partial charge on any atom is 0.160 e. The molecule has 0 bridgehead atoms. The van der Waals surface area contributed by atoms with Gasteiger partial charge in [0.25, 0.3) is 0 Å². The number of para-hydroxylation sites is 2. The third kappa shape index (κ3) is 5.47. The molecular weight excluding hydrogens is 643 g/mol. The zero-order chi connectivity index (χ0) is 35.1. The predicted molar refractivity (Wildman–Crippen MR) is 221 cm³/mol. The molecule has 8 aromatic carbocycles. The molecule has 0 fully saturated rings. The molecule has 0 radical (unpaired) electrons. The minimum absolute atomic E-state index is 0.710. The number of hydrogen-bond donors (Lipinski definition) is 0. The van der Waals surface area contributed by atoms with E-state index in [9.17, 15) is 0 Å². The van der Waals surface area contributed by atoms with Crippen molar-refractivity contribution in [1.29, 1.82) is 0 Å². The number of benzene rings is 8. The Morgan fingerprint density at radius 3 is 1.42 bits per heavy atom. The van der Waals surface area contributed by atoms with Gasteiger partial charge < -0.3 is 4.57 Å². The number of rotatable bonds is 6. The minimum atomic E-state index is 0.710. The SMILES string of the molecule is c1ccc(-c2cc(-c3ccc(-c4cc(-c5ccccc5)nc(-c5ccccc5)n4)c4ccccc34)cc(-n3c4ccccc4c4ccccc43)c2)cc1. The normalized spacial score (nSPS) is 11.4. The molecule has 0 atom stereocenters. The van der Waals surface area contributed by atoms with Gasteiger partial charge in [0.15, 0.2) is 5.82 Å². The lowest BCUT2D eigenvalue weighted by molar-refractivity contribution is 1.18. The quantitative estimate of drug-likeness (QED) is 0.176. The van der Waals surface area contributed by atoms with Crippen molar-refractivity contribution in [3.8, 4) is 61.8 Å². The van der Waals surface area contributed by atoms with Gasteiger partial charge in [0.1, 0.15) is 0 Å². The highest BCUT2D eigenvalue weighted by Crippen LogP contribution is 2.40. The molecule has 10 aromatic rings. The molecule has 2 heterocycles. The van der Waals surface area contributed by atoms with Crippen LogP contribution < -0.4 is 0 Å². The van der Waals surface area contributed by atoms with Crippen LogP contribution in [0.15, 0.2) is 200 Å². The van der Waals surface area contributed by atoms with E-state index in [-0.39, 0.29) is 0 Å². The molecule has 2 aromatic heterocycles. The molecule has 0 unspecified atom stereocenters. The first-order valence-corrected chi connectivity index (χ1v) is 18.0. The fourth-order valence-corrected chi connectivity index (χ4v) is 7.73. The fourth-order valence-electron chi connectivity index (χ4n) is 7.73. The average Bonchev–Trinajstić information content (AvgIpc) is 3.58. The summed E-state index contributed by atoms with van der Waals surface area (Å²) in [6, 6.07) is 71.1. The van der Waals surface area contributed by atoms with Gasteiger partial charge in [0.2, 0.25) is 0 Å². The molecule has 0 aliphatic heterocycles. The van der Waals surface area contributed by atoms with Crippen molar-refractivity contribution >= 4 is 32.6 Å². The van der Waals surface area contributed by atoms with E-state index in [1.165, 1.54) is 43.9 Å². The highest BCUT2D eigenvalue weighted by molar-refractivity contribution is 6.10. The van der Waals surface area contributed by atoms with E-state index in [1.807, 2.05) is 24.3 Å². The number of nitrogens with zero attached hydrogens (tertiary/aromatic N) is 3. The fraction of sp³-hybridized carbons (Fsp3) is 0. The van der Waals surface area contributed by atoms with Gasteiger partial charge in [0, 0.05) is 33.2 Å². The van der Waals surface area contributed by atoms with Gasteiger partial charge in [-0.15, -0.1) is 0 Å². The van der Waals surface area contributed by atoms with Gasteiger partial charge in [-0.25, -0.2) is 9.97 Å². The number of fused-ring (bicyclic) bond motifs is 4. The lowest BCUT2D eigenvalue weighted by atomic mass is 9.91. The van der Waals surface area contributed by atoms with Crippen molar-refractivity contribution in [2.24, 2.45) is 0 Å². The van der Waals surface area contributed by atoms with Crippen LogP contribution in [0, 0.1) is 0 Å². The Hall–Kier alpha value is -7.10. The van der Waals surface area contributed by atoms with Crippen molar-refractivity contribution in [3.63, 3.8) is 0 Å². The van der Waals surface area contributed by atoms with E-state index in [2.05, 4.69) is 180 Å². The zero-order valence-electron chi connectivity index (χ0n) is 28.9. The zero-order valence-corrected chi connectivity index (χ0v) is 28.9. The van der Waals surface area contributed by atoms with Crippen molar-refractivity contribution < 1.29 is 0 Å². The Morgan fingerprint density at radius 2 is 0.774 bits per heavy atom. The summed E-state index contributed by atoms with van der Waals surface area (Å²) in [7, 11) is 0. The first kappa shape index (κ1) is 30.7. The topological polar surface area (TPSA) is 30.7 Å². The molecule has 0 aliphatic rings. The molecule has 3 heteroatoms. The lowest BCUT2D eigenvalue weighted by Gasteiger charge is -2.17. The first-order chi connectivity index (χ1) is 26.3. The number of hydrogen-bond acceptors (Lipinski definition) is 2. The Labute approximate surface area is 308 Å². The van der Waals surface area contributed by atoms with Crippen LogP contribution in [-0.2, 0) is 0 Å². The summed E-state index contributed by atoms with van der Waals surface area (Å²) in [5.41, 5.74) is 13.1. The van der Waals surface area contributed by atoms with Crippen LogP contribution in [0.25, 0.3) is 94.4 Å². The Kier molecular flexibility index (Phi) is 7.47. The summed E-state index contributed by atoms with van der Waals surface area (Å²) in [6.45, 7) is 0. The summed E-state index contributed by atoms with van der Waals surface area (Å²) in [5, 5.41) is 4.81. The largest absolute Gasteiger partial charge is 0.309 e. The van der Waals surface area contributed by atoms with Crippen LogP contribution in [0.5, 0.6) is 0 Å². The molecule has 0 saturated carbocycles. The molecule has 10 rings (SSSR count). The van der Waals surface area contributed by atoms with Crippen LogP contribution in [0.1, 0.15) is 0 Å². The molecule has 0 N–H and O–H groups in total. The minimum Gasteiger partial charge on any atom is -0.309 e. The monoisotopic (exact) mass is 675 g/mol. The summed E-state index contributed by atoms with van der Waals surface area (Å²) >= 11 is 0. The second-order valence-electron chi connectivity index (χ2n) is 13.4. The molecule has 248 valence electrons. The van der Waals surface area contributed by atoms with Crippen molar-refractivity contribution in [1.82, 2.24) is 14.5 Å². The summed E-state index contributed by atoms with van der Waals surface area (Å²) in [4.78, 5) is 10.2. The van der Waals surface area contributed by atoms with Crippen molar-refractivity contribution in [2.45, 2.75) is 0 Å². The second-order valence-corrected chi connectivity index (χ2v) is 13.4. The average molecular weight is 676 g/mol. The second kappa shape index (κ2) is 12.9. The van der Waals surface area contributed by atoms with Gasteiger partial charge in [-0.05, 0) is 69.4 Å². The molecule has 53 heavy (non-hydrogen) atoms. The van der Waals surface area contributed by atoms with Crippen LogP contribution in [0.2, 0.25) is 0 Å². The third-order valence-electron chi connectivity index (χ3n) is 10.2. The predicted octanol–water partition coefficient (Wildman–Crippen LogP) is 13.1. The summed E-state index contributed by atoms with van der Waals surface area (Å²) in [6.07, 6.45) is 0. The van der Waals surface area contributed by atoms with E-state index in [0.29, 0.717) is 5.82 Å². The molecule has 0 amide bonds. The highest BCUT2D eigenvalue weighted by Gasteiger charge is 2.18. The van der Waals surface area contributed by atoms with E-state index < -0.39 is 0 Å². The summed E-state index contributed by atoms with van der Waals surface area (Å²) < 4.78 is 2.41. The van der Waals surface area contributed by atoms with Crippen molar-refractivity contribution in [2.75, 3.05) is 0 Å². The Bertz CT molecular complexity index is 2820. The summed E-state index contributed by atoms with van der Waals surface area (Å²) in [5.74, 6) is 0.710. The third-order valence-corrected chi connectivity index (χ3v) is 10.2. The van der Waals surface area contributed by atoms with E-state index in [1.54, 1.807) is 0 Å². The van der Waals surface area contributed by atoms with E-state index in [4.69, 9.17) is 9.97 Å². The Balaban J connectivity index is 1.20. The molecule has 0 spiro atoms. The van der Waals surface area contributed by atoms with Crippen LogP contribution in [0.3, 0.4) is 0 Å². The van der Waals surface area contributed by atoms with Gasteiger partial charge >= 0.3 is 0 Å². The Morgan fingerprint density at radius 1 is 0.302 bits per heavy atom. The van der Waals surface area contributed by atoms with Crippen LogP contribution in [0.4, 0.5) is 0 Å². The van der Waals surface area contributed by atoms with Crippen molar-refractivity contribution in [3.05, 3.63) is 200 Å². The lowest BCUT2D eigenvalue weighted by Crippen LogP contribution is -1.97.